The maximum absolute atomic E-state index is 9.98. The Kier molecular flexibility index (Phi) is 9.84. The van der Waals surface area contributed by atoms with Gasteiger partial charge in [0, 0.05) is 33.2 Å². The molecule has 0 spiro atoms. The Hall–Kier alpha value is -10.0. The molecule has 0 saturated carbocycles. The van der Waals surface area contributed by atoms with Crippen molar-refractivity contribution in [3.8, 4) is 79.3 Å². The van der Waals surface area contributed by atoms with Crippen molar-refractivity contribution in [3.63, 3.8) is 0 Å². The van der Waals surface area contributed by atoms with Crippen LogP contribution in [-0.2, 0) is 0 Å². The second-order valence-corrected chi connectivity index (χ2v) is 18.6. The fraction of sp³-hybridized carbons (Fsp3) is 0. The van der Waals surface area contributed by atoms with E-state index in [-0.39, 0.29) is 0 Å². The Balaban J connectivity index is 1.08. The number of aromatic nitrogens is 4. The molecule has 12 aromatic carbocycles. The Morgan fingerprint density at radius 1 is 0.301 bits per heavy atom. The van der Waals surface area contributed by atoms with E-state index in [0.29, 0.717) is 23.0 Å². The average Bonchev–Trinajstić information content (AvgIpc) is 3.79. The lowest BCUT2D eigenvalue weighted by atomic mass is 9.82. The molecule has 0 saturated heterocycles. The Labute approximate surface area is 421 Å². The predicted octanol–water partition coefficient (Wildman–Crippen LogP) is 17.5. The van der Waals surface area contributed by atoms with Gasteiger partial charge in [0.1, 0.15) is 0 Å². The third kappa shape index (κ3) is 7.04. The first-order valence-electron chi connectivity index (χ1n) is 24.6. The molecule has 0 unspecified atom stereocenters. The third-order valence-electron chi connectivity index (χ3n) is 14.4. The van der Waals surface area contributed by atoms with Crippen LogP contribution in [0.15, 0.2) is 249 Å². The number of hydrogen-bond donors (Lipinski definition) is 0. The van der Waals surface area contributed by atoms with Gasteiger partial charge in [-0.2, -0.15) is 5.26 Å². The van der Waals surface area contributed by atoms with Crippen molar-refractivity contribution in [2.24, 2.45) is 0 Å². The highest BCUT2D eigenvalue weighted by Crippen LogP contribution is 2.49. The van der Waals surface area contributed by atoms with Crippen molar-refractivity contribution in [2.45, 2.75) is 0 Å². The smallest absolute Gasteiger partial charge is 0.164 e. The standard InChI is InChI=1S/C68H41N5/c69-42-43-30-34-54-55-35-31-49(41-63(55)73(62(54)38-43)51-24-8-3-9-25-51)48-32-36-58-60(39-48)64(56-28-14-22-44-16-10-12-26-52(44)56)59-37-33-50(40-61(59)65(58)57-29-15-23-45-17-11-13-27-53(45)57)68-71-66(46-18-4-1-5-19-46)70-67(72-68)47-20-6-2-7-21-47/h1-41H. The summed E-state index contributed by atoms with van der Waals surface area (Å²) in [5.74, 6) is 1.85. The van der Waals surface area contributed by atoms with Gasteiger partial charge in [-0.05, 0) is 119 Å². The molecule has 14 aromatic rings. The summed E-state index contributed by atoms with van der Waals surface area (Å²) in [4.78, 5) is 15.5. The van der Waals surface area contributed by atoms with Crippen molar-refractivity contribution >= 4 is 64.9 Å². The molecule has 0 radical (unpaired) electrons. The quantitative estimate of drug-likeness (QED) is 0.149. The summed E-state index contributed by atoms with van der Waals surface area (Å²) in [6.07, 6.45) is 0. The zero-order valence-electron chi connectivity index (χ0n) is 39.4. The van der Waals surface area contributed by atoms with Crippen molar-refractivity contribution in [3.05, 3.63) is 254 Å². The molecule has 0 aliphatic rings. The number of rotatable bonds is 7. The molecule has 5 heteroatoms. The van der Waals surface area contributed by atoms with E-state index in [1.807, 2.05) is 54.6 Å². The van der Waals surface area contributed by atoms with E-state index >= 15 is 0 Å². The molecule has 14 rings (SSSR count). The first-order valence-corrected chi connectivity index (χ1v) is 24.6. The minimum Gasteiger partial charge on any atom is -0.309 e. The molecule has 2 heterocycles. The number of fused-ring (bicyclic) bond motifs is 7. The van der Waals surface area contributed by atoms with Gasteiger partial charge in [0.25, 0.3) is 0 Å². The summed E-state index contributed by atoms with van der Waals surface area (Å²) in [6, 6.07) is 90.4. The third-order valence-corrected chi connectivity index (χ3v) is 14.4. The highest BCUT2D eigenvalue weighted by atomic mass is 15.0. The van der Waals surface area contributed by atoms with Gasteiger partial charge >= 0.3 is 0 Å². The maximum atomic E-state index is 9.98. The summed E-state index contributed by atoms with van der Waals surface area (Å²) in [7, 11) is 0. The fourth-order valence-electron chi connectivity index (χ4n) is 11.1. The van der Waals surface area contributed by atoms with Gasteiger partial charge in [-0.3, -0.25) is 0 Å². The van der Waals surface area contributed by atoms with E-state index in [4.69, 9.17) is 15.0 Å². The first-order chi connectivity index (χ1) is 36.1. The molecule has 0 atom stereocenters. The highest BCUT2D eigenvalue weighted by Gasteiger charge is 2.23. The van der Waals surface area contributed by atoms with Crippen LogP contribution in [-0.4, -0.2) is 19.5 Å². The Bertz CT molecular complexity index is 4480. The largest absolute Gasteiger partial charge is 0.309 e. The molecule has 73 heavy (non-hydrogen) atoms. The second-order valence-electron chi connectivity index (χ2n) is 18.6. The van der Waals surface area contributed by atoms with Gasteiger partial charge in [-0.15, -0.1) is 0 Å². The molecule has 2 aromatic heterocycles. The van der Waals surface area contributed by atoms with Gasteiger partial charge in [-0.1, -0.05) is 206 Å². The molecular weight excluding hydrogens is 887 g/mol. The van der Waals surface area contributed by atoms with Crippen LogP contribution in [0.25, 0.3) is 138 Å². The summed E-state index contributed by atoms with van der Waals surface area (Å²) in [5, 5.41) is 21.5. The minimum atomic E-state index is 0.604. The van der Waals surface area contributed by atoms with Gasteiger partial charge in [-0.25, -0.2) is 15.0 Å². The van der Waals surface area contributed by atoms with Crippen molar-refractivity contribution in [2.75, 3.05) is 0 Å². The van der Waals surface area contributed by atoms with E-state index in [1.54, 1.807) is 0 Å². The number of nitrogens with zero attached hydrogens (tertiary/aromatic N) is 5. The lowest BCUT2D eigenvalue weighted by Crippen LogP contribution is -2.00. The fourth-order valence-corrected chi connectivity index (χ4v) is 11.1. The van der Waals surface area contributed by atoms with Crippen molar-refractivity contribution in [1.29, 1.82) is 5.26 Å². The Morgan fingerprint density at radius 2 is 0.726 bits per heavy atom. The van der Waals surface area contributed by atoms with E-state index < -0.39 is 0 Å². The molecule has 0 amide bonds. The van der Waals surface area contributed by atoms with E-state index in [9.17, 15) is 5.26 Å². The number of nitriles is 1. The summed E-state index contributed by atoms with van der Waals surface area (Å²) in [5.41, 5.74) is 13.3. The lowest BCUT2D eigenvalue weighted by Gasteiger charge is -2.21. The van der Waals surface area contributed by atoms with Crippen LogP contribution in [0.5, 0.6) is 0 Å². The van der Waals surface area contributed by atoms with Crippen LogP contribution in [0.3, 0.4) is 0 Å². The van der Waals surface area contributed by atoms with Crippen LogP contribution in [0.2, 0.25) is 0 Å². The van der Waals surface area contributed by atoms with Crippen LogP contribution < -0.4 is 0 Å². The summed E-state index contributed by atoms with van der Waals surface area (Å²) in [6.45, 7) is 0. The van der Waals surface area contributed by atoms with Crippen molar-refractivity contribution in [1.82, 2.24) is 19.5 Å². The monoisotopic (exact) mass is 927 g/mol. The molecule has 5 nitrogen and oxygen atoms in total. The maximum Gasteiger partial charge on any atom is 0.164 e. The van der Waals surface area contributed by atoms with Crippen LogP contribution >= 0.6 is 0 Å². The van der Waals surface area contributed by atoms with Crippen molar-refractivity contribution < 1.29 is 0 Å². The van der Waals surface area contributed by atoms with Crippen LogP contribution in [0.1, 0.15) is 5.56 Å². The van der Waals surface area contributed by atoms with Gasteiger partial charge in [0.15, 0.2) is 17.5 Å². The highest BCUT2D eigenvalue weighted by molar-refractivity contribution is 6.26. The van der Waals surface area contributed by atoms with E-state index in [1.165, 1.54) is 21.5 Å². The molecule has 0 aliphatic carbocycles. The number of para-hydroxylation sites is 1. The van der Waals surface area contributed by atoms with Gasteiger partial charge < -0.3 is 4.57 Å². The summed E-state index contributed by atoms with van der Waals surface area (Å²) < 4.78 is 2.29. The van der Waals surface area contributed by atoms with Gasteiger partial charge in [0.05, 0.1) is 22.7 Å². The molecule has 0 N–H and O–H groups in total. The zero-order chi connectivity index (χ0) is 48.4. The number of hydrogen-bond acceptors (Lipinski definition) is 4. The summed E-state index contributed by atoms with van der Waals surface area (Å²) >= 11 is 0. The molecular formula is C68H41N5. The van der Waals surface area contributed by atoms with Crippen LogP contribution in [0, 0.1) is 11.3 Å². The lowest BCUT2D eigenvalue weighted by molar-refractivity contribution is 1.07. The zero-order valence-corrected chi connectivity index (χ0v) is 39.4. The van der Waals surface area contributed by atoms with Crippen LogP contribution in [0.4, 0.5) is 0 Å². The topological polar surface area (TPSA) is 67.4 Å². The number of benzene rings is 12. The predicted molar refractivity (Wildman–Crippen MR) is 302 cm³/mol. The SMILES string of the molecule is N#Cc1ccc2c3ccc(-c4ccc5c(-c6cccc7ccccc67)c6cc(-c7nc(-c8ccccc8)nc(-c8ccccc8)n7)ccc6c(-c6cccc7ccccc67)c5c4)cc3n(-c3ccccc3)c2c1. The molecule has 0 bridgehead atoms. The molecule has 0 aliphatic heterocycles. The normalized spacial score (nSPS) is 11.5. The van der Waals surface area contributed by atoms with E-state index in [0.717, 1.165) is 99.1 Å². The minimum absolute atomic E-state index is 0.604. The Morgan fingerprint density at radius 3 is 1.29 bits per heavy atom. The average molecular weight is 928 g/mol. The van der Waals surface area contributed by atoms with Gasteiger partial charge in [0.2, 0.25) is 0 Å². The molecule has 338 valence electrons. The molecule has 0 fully saturated rings. The second kappa shape index (κ2) is 17.1. The van der Waals surface area contributed by atoms with E-state index in [2.05, 4.69) is 205 Å². The first kappa shape index (κ1) is 41.9.